The van der Waals surface area contributed by atoms with Gasteiger partial charge in [-0.3, -0.25) is 0 Å². The maximum atomic E-state index is 13.2. The van der Waals surface area contributed by atoms with E-state index in [9.17, 15) is 4.39 Å². The standard InChI is InChI=1S/C13H11BrFN3/c14-9-5-8(3-4-10(9)15)13-17-11(7-1-2-7)6-12(16)18-13/h3-7H,1-2H2,(H2,16,17,18). The maximum Gasteiger partial charge on any atom is 0.161 e. The molecule has 18 heavy (non-hydrogen) atoms. The van der Waals surface area contributed by atoms with Crippen LogP contribution < -0.4 is 5.73 Å². The molecule has 1 saturated carbocycles. The summed E-state index contributed by atoms with van der Waals surface area (Å²) in [5.41, 5.74) is 7.54. The van der Waals surface area contributed by atoms with Crippen molar-refractivity contribution in [1.82, 2.24) is 9.97 Å². The van der Waals surface area contributed by atoms with E-state index in [1.54, 1.807) is 12.1 Å². The minimum atomic E-state index is -0.301. The number of nitrogens with zero attached hydrogens (tertiary/aromatic N) is 2. The largest absolute Gasteiger partial charge is 0.384 e. The zero-order valence-electron chi connectivity index (χ0n) is 9.53. The Labute approximate surface area is 112 Å². The lowest BCUT2D eigenvalue weighted by molar-refractivity contribution is 0.621. The summed E-state index contributed by atoms with van der Waals surface area (Å²) in [7, 11) is 0. The summed E-state index contributed by atoms with van der Waals surface area (Å²) in [6.07, 6.45) is 2.31. The fraction of sp³-hybridized carbons (Fsp3) is 0.231. The zero-order valence-corrected chi connectivity index (χ0v) is 11.1. The third-order valence-electron chi connectivity index (χ3n) is 2.94. The van der Waals surface area contributed by atoms with Gasteiger partial charge in [0, 0.05) is 23.2 Å². The lowest BCUT2D eigenvalue weighted by atomic mass is 10.2. The Kier molecular flexibility index (Phi) is 2.78. The van der Waals surface area contributed by atoms with Gasteiger partial charge in [-0.05, 0) is 47.0 Å². The normalized spacial score (nSPS) is 14.8. The number of aromatic nitrogens is 2. The first-order valence-electron chi connectivity index (χ1n) is 5.73. The third kappa shape index (κ3) is 2.22. The molecule has 1 fully saturated rings. The average Bonchev–Trinajstić information content (AvgIpc) is 3.16. The highest BCUT2D eigenvalue weighted by molar-refractivity contribution is 9.10. The van der Waals surface area contributed by atoms with Crippen LogP contribution in [0.15, 0.2) is 28.7 Å². The molecule has 2 aromatic rings. The van der Waals surface area contributed by atoms with Crippen molar-refractivity contribution in [2.75, 3.05) is 5.73 Å². The van der Waals surface area contributed by atoms with Crippen molar-refractivity contribution in [3.05, 3.63) is 40.2 Å². The number of rotatable bonds is 2. The van der Waals surface area contributed by atoms with Crippen molar-refractivity contribution in [2.45, 2.75) is 18.8 Å². The minimum Gasteiger partial charge on any atom is -0.384 e. The van der Waals surface area contributed by atoms with Gasteiger partial charge in [-0.1, -0.05) is 0 Å². The van der Waals surface area contributed by atoms with Gasteiger partial charge in [0.25, 0.3) is 0 Å². The van der Waals surface area contributed by atoms with Crippen molar-refractivity contribution in [3.63, 3.8) is 0 Å². The van der Waals surface area contributed by atoms with Crippen LogP contribution in [0.4, 0.5) is 10.2 Å². The van der Waals surface area contributed by atoms with E-state index in [2.05, 4.69) is 25.9 Å². The Morgan fingerprint density at radius 2 is 2.00 bits per heavy atom. The number of hydrogen-bond acceptors (Lipinski definition) is 3. The maximum absolute atomic E-state index is 13.2. The Balaban J connectivity index is 2.07. The highest BCUT2D eigenvalue weighted by atomic mass is 79.9. The molecule has 0 bridgehead atoms. The lowest BCUT2D eigenvalue weighted by Crippen LogP contribution is -1.99. The van der Waals surface area contributed by atoms with E-state index in [4.69, 9.17) is 5.73 Å². The van der Waals surface area contributed by atoms with E-state index < -0.39 is 0 Å². The summed E-state index contributed by atoms with van der Waals surface area (Å²) in [5, 5.41) is 0. The summed E-state index contributed by atoms with van der Waals surface area (Å²) in [6, 6.07) is 6.54. The molecule has 1 aliphatic carbocycles. The van der Waals surface area contributed by atoms with Crippen molar-refractivity contribution >= 4 is 21.7 Å². The number of halogens is 2. The van der Waals surface area contributed by atoms with E-state index in [-0.39, 0.29) is 5.82 Å². The second-order valence-corrected chi connectivity index (χ2v) is 5.30. The Morgan fingerprint density at radius 3 is 2.67 bits per heavy atom. The predicted molar refractivity (Wildman–Crippen MR) is 71.5 cm³/mol. The Morgan fingerprint density at radius 1 is 1.22 bits per heavy atom. The Bertz CT molecular complexity index is 611. The quantitative estimate of drug-likeness (QED) is 0.923. The summed E-state index contributed by atoms with van der Waals surface area (Å²) in [4.78, 5) is 8.71. The first kappa shape index (κ1) is 11.6. The molecule has 0 unspecified atom stereocenters. The van der Waals surface area contributed by atoms with Crippen LogP contribution in [0.2, 0.25) is 0 Å². The van der Waals surface area contributed by atoms with Crippen molar-refractivity contribution < 1.29 is 4.39 Å². The van der Waals surface area contributed by atoms with Crippen LogP contribution in [0.5, 0.6) is 0 Å². The molecule has 0 atom stereocenters. The topological polar surface area (TPSA) is 51.8 Å². The molecule has 1 heterocycles. The summed E-state index contributed by atoms with van der Waals surface area (Å²) < 4.78 is 13.6. The van der Waals surface area contributed by atoms with Gasteiger partial charge in [0.2, 0.25) is 0 Å². The third-order valence-corrected chi connectivity index (χ3v) is 3.55. The molecule has 0 saturated heterocycles. The number of nitrogen functional groups attached to an aromatic ring is 1. The molecule has 2 N–H and O–H groups in total. The fourth-order valence-electron chi connectivity index (χ4n) is 1.84. The molecule has 0 amide bonds. The van der Waals surface area contributed by atoms with Gasteiger partial charge in [-0.25, -0.2) is 14.4 Å². The van der Waals surface area contributed by atoms with E-state index >= 15 is 0 Å². The van der Waals surface area contributed by atoms with E-state index in [0.29, 0.717) is 22.0 Å². The van der Waals surface area contributed by atoms with E-state index in [1.807, 2.05) is 6.07 Å². The van der Waals surface area contributed by atoms with Crippen LogP contribution >= 0.6 is 15.9 Å². The van der Waals surface area contributed by atoms with E-state index in [0.717, 1.165) is 24.1 Å². The molecule has 1 aromatic heterocycles. The highest BCUT2D eigenvalue weighted by Gasteiger charge is 2.26. The van der Waals surface area contributed by atoms with Gasteiger partial charge in [-0.2, -0.15) is 0 Å². The SMILES string of the molecule is Nc1cc(C2CC2)nc(-c2ccc(F)c(Br)c2)n1. The molecule has 1 aromatic carbocycles. The van der Waals surface area contributed by atoms with E-state index in [1.165, 1.54) is 6.07 Å². The average molecular weight is 308 g/mol. The van der Waals surface area contributed by atoms with Crippen molar-refractivity contribution in [2.24, 2.45) is 0 Å². The summed E-state index contributed by atoms with van der Waals surface area (Å²) in [5.74, 6) is 1.22. The van der Waals surface area contributed by atoms with Gasteiger partial charge in [-0.15, -0.1) is 0 Å². The van der Waals surface area contributed by atoms with Gasteiger partial charge < -0.3 is 5.73 Å². The summed E-state index contributed by atoms with van der Waals surface area (Å²) >= 11 is 3.16. The van der Waals surface area contributed by atoms with Crippen LogP contribution in [-0.4, -0.2) is 9.97 Å². The van der Waals surface area contributed by atoms with Crippen LogP contribution in [0, 0.1) is 5.82 Å². The minimum absolute atomic E-state index is 0.301. The number of hydrogen-bond donors (Lipinski definition) is 1. The first-order valence-corrected chi connectivity index (χ1v) is 6.52. The molecule has 1 aliphatic rings. The monoisotopic (exact) mass is 307 g/mol. The van der Waals surface area contributed by atoms with Crippen LogP contribution in [0.3, 0.4) is 0 Å². The second-order valence-electron chi connectivity index (χ2n) is 4.44. The fourth-order valence-corrected chi connectivity index (χ4v) is 2.22. The lowest BCUT2D eigenvalue weighted by Gasteiger charge is -2.05. The van der Waals surface area contributed by atoms with Crippen LogP contribution in [-0.2, 0) is 0 Å². The van der Waals surface area contributed by atoms with Crippen molar-refractivity contribution in [3.8, 4) is 11.4 Å². The summed E-state index contributed by atoms with van der Waals surface area (Å²) in [6.45, 7) is 0. The molecule has 92 valence electrons. The smallest absolute Gasteiger partial charge is 0.161 e. The number of nitrogens with two attached hydrogens (primary N) is 1. The van der Waals surface area contributed by atoms with Crippen LogP contribution in [0.1, 0.15) is 24.5 Å². The van der Waals surface area contributed by atoms with Gasteiger partial charge in [0.1, 0.15) is 11.6 Å². The molecular formula is C13H11BrFN3. The van der Waals surface area contributed by atoms with Gasteiger partial charge in [0.05, 0.1) is 4.47 Å². The molecular weight excluding hydrogens is 297 g/mol. The molecule has 0 aliphatic heterocycles. The second kappa shape index (κ2) is 4.31. The zero-order chi connectivity index (χ0) is 12.7. The number of anilines is 1. The van der Waals surface area contributed by atoms with Gasteiger partial charge in [0.15, 0.2) is 5.82 Å². The highest BCUT2D eigenvalue weighted by Crippen LogP contribution is 2.40. The van der Waals surface area contributed by atoms with Gasteiger partial charge >= 0.3 is 0 Å². The van der Waals surface area contributed by atoms with Crippen LogP contribution in [0.25, 0.3) is 11.4 Å². The van der Waals surface area contributed by atoms with Crippen molar-refractivity contribution in [1.29, 1.82) is 0 Å². The molecule has 0 spiro atoms. The molecule has 0 radical (unpaired) electrons. The molecule has 5 heteroatoms. The predicted octanol–water partition coefficient (Wildman–Crippen LogP) is 3.50. The number of benzene rings is 1. The molecule has 3 nitrogen and oxygen atoms in total. The molecule has 3 rings (SSSR count). The Hall–Kier alpha value is -1.49. The first-order chi connectivity index (χ1) is 8.63.